The van der Waals surface area contributed by atoms with Crippen molar-refractivity contribution in [3.8, 4) is 0 Å². The van der Waals surface area contributed by atoms with E-state index in [0.29, 0.717) is 6.79 Å². The zero-order valence-electron chi connectivity index (χ0n) is 5.68. The Bertz CT molecular complexity index is 79.0. The van der Waals surface area contributed by atoms with Gasteiger partial charge in [0.15, 0.2) is 19.2 Å². The predicted molar refractivity (Wildman–Crippen MR) is 32.7 cm³/mol. The fourth-order valence-corrected chi connectivity index (χ4v) is 0.830. The van der Waals surface area contributed by atoms with Crippen molar-refractivity contribution in [3.63, 3.8) is 0 Å². The predicted octanol–water partition coefficient (Wildman–Crippen LogP) is -0.918. The van der Waals surface area contributed by atoms with E-state index in [1.165, 1.54) is 0 Å². The minimum absolute atomic E-state index is 0.00463. The summed E-state index contributed by atoms with van der Waals surface area (Å²) < 4.78 is 10.2. The molecule has 1 aliphatic rings. The molecule has 1 aliphatic heterocycles. The van der Waals surface area contributed by atoms with Gasteiger partial charge in [0.05, 0.1) is 0 Å². The van der Waals surface area contributed by atoms with E-state index in [-0.39, 0.29) is 12.5 Å². The van der Waals surface area contributed by atoms with Gasteiger partial charge in [0.1, 0.15) is 0 Å². The lowest BCUT2D eigenvalue weighted by Gasteiger charge is -2.13. The van der Waals surface area contributed by atoms with Crippen molar-refractivity contribution in [2.75, 3.05) is 20.9 Å². The van der Waals surface area contributed by atoms with E-state index in [1.54, 1.807) is 0 Å². The molecule has 0 aliphatic carbocycles. The van der Waals surface area contributed by atoms with E-state index in [1.807, 2.05) is 14.1 Å². The molecule has 0 aromatic carbocycles. The molecule has 1 heterocycles. The third kappa shape index (κ3) is 1.40. The summed E-state index contributed by atoms with van der Waals surface area (Å²) in [6, 6.07) is 0. The Morgan fingerprint density at radius 2 is 1.56 bits per heavy atom. The molecule has 0 spiro atoms. The fourth-order valence-electron chi connectivity index (χ4n) is 0.830. The third-order valence-electron chi connectivity index (χ3n) is 1.34. The smallest absolute Gasteiger partial charge is 0.151 e. The molecule has 0 amide bonds. The molecular weight excluding hydrogens is 120 g/mol. The molecule has 2 unspecified atom stereocenters. The van der Waals surface area contributed by atoms with Crippen LogP contribution in [0.1, 0.15) is 0 Å². The zero-order chi connectivity index (χ0) is 6.69. The average Bonchev–Trinajstić information content (AvgIpc) is 2.33. The van der Waals surface area contributed by atoms with Crippen LogP contribution in [0.4, 0.5) is 0 Å². The summed E-state index contributed by atoms with van der Waals surface area (Å²) >= 11 is 0. The number of hydrogen-bond donors (Lipinski definition) is 2. The monoisotopic (exact) mass is 132 g/mol. The molecule has 1 saturated heterocycles. The molecule has 4 heteroatoms. The SMILES string of the molecule is CNC1OCOC1NC. The first-order valence-corrected chi connectivity index (χ1v) is 2.96. The van der Waals surface area contributed by atoms with Gasteiger partial charge in [-0.05, 0) is 14.1 Å². The topological polar surface area (TPSA) is 42.5 Å². The van der Waals surface area contributed by atoms with Gasteiger partial charge >= 0.3 is 0 Å². The lowest BCUT2D eigenvalue weighted by Crippen LogP contribution is -2.42. The number of ether oxygens (including phenoxy) is 2. The van der Waals surface area contributed by atoms with Crippen LogP contribution >= 0.6 is 0 Å². The van der Waals surface area contributed by atoms with Crippen molar-refractivity contribution in [1.29, 1.82) is 0 Å². The summed E-state index contributed by atoms with van der Waals surface area (Å²) in [5.41, 5.74) is 0. The lowest BCUT2D eigenvalue weighted by molar-refractivity contribution is 0.0321. The Kier molecular flexibility index (Phi) is 2.41. The third-order valence-corrected chi connectivity index (χ3v) is 1.34. The van der Waals surface area contributed by atoms with Gasteiger partial charge < -0.3 is 9.47 Å². The van der Waals surface area contributed by atoms with Gasteiger partial charge in [-0.3, -0.25) is 10.6 Å². The quantitative estimate of drug-likeness (QED) is 0.510. The Morgan fingerprint density at radius 3 is 1.89 bits per heavy atom. The molecule has 2 atom stereocenters. The van der Waals surface area contributed by atoms with E-state index in [9.17, 15) is 0 Å². The summed E-state index contributed by atoms with van der Waals surface area (Å²) in [7, 11) is 3.67. The molecule has 0 radical (unpaired) electrons. The summed E-state index contributed by atoms with van der Waals surface area (Å²) in [5.74, 6) is 0. The number of nitrogens with one attached hydrogen (secondary N) is 2. The maximum Gasteiger partial charge on any atom is 0.151 e. The van der Waals surface area contributed by atoms with Crippen LogP contribution in [0.3, 0.4) is 0 Å². The second kappa shape index (κ2) is 3.12. The van der Waals surface area contributed by atoms with Crippen LogP contribution in [0.15, 0.2) is 0 Å². The highest BCUT2D eigenvalue weighted by atomic mass is 16.7. The molecule has 0 saturated carbocycles. The Hall–Kier alpha value is -0.160. The maximum atomic E-state index is 5.11. The first-order valence-electron chi connectivity index (χ1n) is 2.96. The van der Waals surface area contributed by atoms with Crippen LogP contribution in [0, 0.1) is 0 Å². The normalized spacial score (nSPS) is 35.3. The molecule has 0 bridgehead atoms. The van der Waals surface area contributed by atoms with Crippen LogP contribution in [0.2, 0.25) is 0 Å². The van der Waals surface area contributed by atoms with Gasteiger partial charge in [0.25, 0.3) is 0 Å². The van der Waals surface area contributed by atoms with Crippen LogP contribution < -0.4 is 10.6 Å². The van der Waals surface area contributed by atoms with Gasteiger partial charge in [0.2, 0.25) is 0 Å². The van der Waals surface area contributed by atoms with Gasteiger partial charge in [-0.25, -0.2) is 0 Å². The minimum atomic E-state index is -0.00463. The molecule has 4 nitrogen and oxygen atoms in total. The van der Waals surface area contributed by atoms with Gasteiger partial charge in [-0.1, -0.05) is 0 Å². The van der Waals surface area contributed by atoms with Crippen molar-refractivity contribution in [3.05, 3.63) is 0 Å². The van der Waals surface area contributed by atoms with Crippen LogP contribution in [0.25, 0.3) is 0 Å². The second-order valence-electron chi connectivity index (χ2n) is 1.87. The second-order valence-corrected chi connectivity index (χ2v) is 1.87. The van der Waals surface area contributed by atoms with E-state index < -0.39 is 0 Å². The summed E-state index contributed by atoms with van der Waals surface area (Å²) in [4.78, 5) is 0. The van der Waals surface area contributed by atoms with Crippen LogP contribution in [-0.2, 0) is 9.47 Å². The molecule has 0 aromatic rings. The van der Waals surface area contributed by atoms with Crippen molar-refractivity contribution in [2.24, 2.45) is 0 Å². The largest absolute Gasteiger partial charge is 0.333 e. The maximum absolute atomic E-state index is 5.11. The lowest BCUT2D eigenvalue weighted by atomic mass is 10.5. The van der Waals surface area contributed by atoms with E-state index in [2.05, 4.69) is 10.6 Å². The summed E-state index contributed by atoms with van der Waals surface area (Å²) in [6.07, 6.45) is -0.00926. The molecule has 2 N–H and O–H groups in total. The van der Waals surface area contributed by atoms with Crippen molar-refractivity contribution < 1.29 is 9.47 Å². The summed E-state index contributed by atoms with van der Waals surface area (Å²) in [6.45, 7) is 0.372. The molecule has 1 rings (SSSR count). The average molecular weight is 132 g/mol. The Morgan fingerprint density at radius 1 is 1.11 bits per heavy atom. The highest BCUT2D eigenvalue weighted by molar-refractivity contribution is 4.65. The highest BCUT2D eigenvalue weighted by Gasteiger charge is 2.25. The molecule has 54 valence electrons. The Balaban J connectivity index is 2.32. The molecule has 1 fully saturated rings. The van der Waals surface area contributed by atoms with Gasteiger partial charge in [-0.2, -0.15) is 0 Å². The fraction of sp³-hybridized carbons (Fsp3) is 1.00. The molecular formula is C5H12N2O2. The molecule has 9 heavy (non-hydrogen) atoms. The standard InChI is InChI=1S/C5H12N2O2/c1-6-4-5(7-2)9-3-8-4/h4-7H,3H2,1-2H3. The van der Waals surface area contributed by atoms with Gasteiger partial charge in [0, 0.05) is 0 Å². The highest BCUT2D eigenvalue weighted by Crippen LogP contribution is 2.05. The van der Waals surface area contributed by atoms with Gasteiger partial charge in [-0.15, -0.1) is 0 Å². The first kappa shape index (κ1) is 6.95. The Labute approximate surface area is 54.5 Å². The van der Waals surface area contributed by atoms with E-state index in [0.717, 1.165) is 0 Å². The zero-order valence-corrected chi connectivity index (χ0v) is 5.68. The van der Waals surface area contributed by atoms with Crippen LogP contribution in [-0.4, -0.2) is 33.3 Å². The van der Waals surface area contributed by atoms with E-state index >= 15 is 0 Å². The van der Waals surface area contributed by atoms with Crippen molar-refractivity contribution in [2.45, 2.75) is 12.5 Å². The summed E-state index contributed by atoms with van der Waals surface area (Å²) in [5, 5.41) is 5.91. The minimum Gasteiger partial charge on any atom is -0.333 e. The van der Waals surface area contributed by atoms with Crippen molar-refractivity contribution >= 4 is 0 Å². The van der Waals surface area contributed by atoms with Crippen molar-refractivity contribution in [1.82, 2.24) is 10.6 Å². The number of hydrogen-bond acceptors (Lipinski definition) is 4. The first-order chi connectivity index (χ1) is 4.38. The number of rotatable bonds is 2. The molecule has 0 aromatic heterocycles. The van der Waals surface area contributed by atoms with Crippen LogP contribution in [0.5, 0.6) is 0 Å². The number of likely N-dealkylation sites (N-methyl/N-ethyl adjacent to an activating group) is 2. The van der Waals surface area contributed by atoms with E-state index in [4.69, 9.17) is 9.47 Å².